The van der Waals surface area contributed by atoms with Crippen molar-refractivity contribution in [1.82, 2.24) is 10.6 Å². The zero-order chi connectivity index (χ0) is 14.0. The van der Waals surface area contributed by atoms with Crippen molar-refractivity contribution < 1.29 is 9.59 Å². The van der Waals surface area contributed by atoms with Gasteiger partial charge in [-0.3, -0.25) is 9.59 Å². The largest absolute Gasteiger partial charge is 0.342 e. The summed E-state index contributed by atoms with van der Waals surface area (Å²) in [5, 5.41) is 5.93. The summed E-state index contributed by atoms with van der Waals surface area (Å²) in [5.74, 6) is -0.0481. The van der Waals surface area contributed by atoms with Gasteiger partial charge < -0.3 is 10.6 Å². The van der Waals surface area contributed by atoms with Gasteiger partial charge in [-0.25, -0.2) is 0 Å². The molecule has 2 amide bonds. The fraction of sp³-hybridized carbons (Fsp3) is 0.500. The predicted octanol–water partition coefficient (Wildman–Crippen LogP) is 1.55. The maximum Gasteiger partial charge on any atom is 0.246 e. The summed E-state index contributed by atoms with van der Waals surface area (Å²) in [7, 11) is 0. The van der Waals surface area contributed by atoms with Crippen LogP contribution in [0, 0.1) is 0 Å². The standard InChI is InChI=1S/C16H20N2O2/c19-14-13(11-12-7-3-1-4-8-12)17-15(20)16(18-14)9-5-2-6-10-16/h1,3-4,7-8,13H,2,5-6,9-11H2,(H,17,20)(H,18,19)/t13-/m0/s1. The van der Waals surface area contributed by atoms with Crippen LogP contribution in [0.4, 0.5) is 0 Å². The Morgan fingerprint density at radius 3 is 2.45 bits per heavy atom. The van der Waals surface area contributed by atoms with Crippen LogP contribution in [0.5, 0.6) is 0 Å². The van der Waals surface area contributed by atoms with Gasteiger partial charge in [0.05, 0.1) is 0 Å². The van der Waals surface area contributed by atoms with Crippen molar-refractivity contribution in [2.24, 2.45) is 0 Å². The highest BCUT2D eigenvalue weighted by Crippen LogP contribution is 2.30. The topological polar surface area (TPSA) is 58.2 Å². The molecule has 1 saturated heterocycles. The molecule has 0 radical (unpaired) electrons. The fourth-order valence-electron chi connectivity index (χ4n) is 3.24. The monoisotopic (exact) mass is 272 g/mol. The molecule has 1 heterocycles. The number of amides is 2. The maximum atomic E-state index is 12.4. The maximum absolute atomic E-state index is 12.4. The summed E-state index contributed by atoms with van der Waals surface area (Å²) in [6.45, 7) is 0. The molecule has 4 heteroatoms. The highest BCUT2D eigenvalue weighted by atomic mass is 16.2. The van der Waals surface area contributed by atoms with Crippen LogP contribution in [0.3, 0.4) is 0 Å². The molecular formula is C16H20N2O2. The van der Waals surface area contributed by atoms with E-state index < -0.39 is 11.6 Å². The minimum absolute atomic E-state index is 0.00210. The van der Waals surface area contributed by atoms with Crippen molar-refractivity contribution in [2.75, 3.05) is 0 Å². The Morgan fingerprint density at radius 1 is 1.05 bits per heavy atom. The molecule has 2 fully saturated rings. The van der Waals surface area contributed by atoms with Crippen LogP contribution in [-0.2, 0) is 16.0 Å². The lowest BCUT2D eigenvalue weighted by Gasteiger charge is -2.42. The third kappa shape index (κ3) is 2.42. The molecule has 1 aliphatic heterocycles. The summed E-state index contributed by atoms with van der Waals surface area (Å²) < 4.78 is 0. The summed E-state index contributed by atoms with van der Waals surface area (Å²) in [5.41, 5.74) is 0.426. The van der Waals surface area contributed by atoms with Gasteiger partial charge in [0.25, 0.3) is 0 Å². The van der Waals surface area contributed by atoms with Crippen molar-refractivity contribution in [3.63, 3.8) is 0 Å². The smallest absolute Gasteiger partial charge is 0.246 e. The first-order valence-electron chi connectivity index (χ1n) is 7.37. The first kappa shape index (κ1) is 13.2. The normalized spacial score (nSPS) is 25.1. The summed E-state index contributed by atoms with van der Waals surface area (Å²) in [4.78, 5) is 24.7. The van der Waals surface area contributed by atoms with Crippen LogP contribution < -0.4 is 10.6 Å². The molecule has 0 unspecified atom stereocenters. The minimum atomic E-state index is -0.636. The van der Waals surface area contributed by atoms with E-state index in [1.807, 2.05) is 30.3 Å². The zero-order valence-corrected chi connectivity index (χ0v) is 11.5. The molecule has 2 N–H and O–H groups in total. The van der Waals surface area contributed by atoms with E-state index in [2.05, 4.69) is 10.6 Å². The Morgan fingerprint density at radius 2 is 1.75 bits per heavy atom. The summed E-state index contributed by atoms with van der Waals surface area (Å²) in [6.07, 6.45) is 5.26. The quantitative estimate of drug-likeness (QED) is 0.858. The Hall–Kier alpha value is -1.84. The van der Waals surface area contributed by atoms with Crippen LogP contribution in [0.2, 0.25) is 0 Å². The number of hydrogen-bond acceptors (Lipinski definition) is 2. The lowest BCUT2D eigenvalue weighted by atomic mass is 9.79. The Balaban J connectivity index is 1.71. The molecule has 4 nitrogen and oxygen atoms in total. The molecule has 2 aliphatic rings. The van der Waals surface area contributed by atoms with E-state index in [0.29, 0.717) is 6.42 Å². The molecule has 1 saturated carbocycles. The van der Waals surface area contributed by atoms with Gasteiger partial charge in [0, 0.05) is 6.42 Å². The van der Waals surface area contributed by atoms with Crippen molar-refractivity contribution in [3.8, 4) is 0 Å². The highest BCUT2D eigenvalue weighted by Gasteiger charge is 2.46. The van der Waals surface area contributed by atoms with Crippen molar-refractivity contribution in [3.05, 3.63) is 35.9 Å². The van der Waals surface area contributed by atoms with Gasteiger partial charge in [0.2, 0.25) is 11.8 Å². The van der Waals surface area contributed by atoms with Gasteiger partial charge >= 0.3 is 0 Å². The molecule has 0 bridgehead atoms. The first-order chi connectivity index (χ1) is 9.70. The predicted molar refractivity (Wildman–Crippen MR) is 76.0 cm³/mol. The van der Waals surface area contributed by atoms with Crippen molar-refractivity contribution in [2.45, 2.75) is 50.1 Å². The number of piperazine rings is 1. The molecule has 1 aromatic carbocycles. The van der Waals surface area contributed by atoms with Crippen LogP contribution >= 0.6 is 0 Å². The van der Waals surface area contributed by atoms with Crippen LogP contribution in [0.25, 0.3) is 0 Å². The van der Waals surface area contributed by atoms with Crippen molar-refractivity contribution >= 4 is 11.8 Å². The Kier molecular flexibility index (Phi) is 3.47. The molecule has 1 aliphatic carbocycles. The molecule has 1 atom stereocenters. The average molecular weight is 272 g/mol. The minimum Gasteiger partial charge on any atom is -0.342 e. The summed E-state index contributed by atoms with van der Waals surface area (Å²) in [6, 6.07) is 9.34. The van der Waals surface area contributed by atoms with Crippen LogP contribution in [0.1, 0.15) is 37.7 Å². The van der Waals surface area contributed by atoms with Crippen LogP contribution in [0.15, 0.2) is 30.3 Å². The van der Waals surface area contributed by atoms with E-state index in [1.54, 1.807) is 0 Å². The molecule has 1 spiro atoms. The fourth-order valence-corrected chi connectivity index (χ4v) is 3.24. The second-order valence-corrected chi connectivity index (χ2v) is 5.85. The van der Waals surface area contributed by atoms with E-state index in [1.165, 1.54) is 0 Å². The van der Waals surface area contributed by atoms with E-state index in [9.17, 15) is 9.59 Å². The van der Waals surface area contributed by atoms with Gasteiger partial charge in [-0.2, -0.15) is 0 Å². The summed E-state index contributed by atoms with van der Waals surface area (Å²) >= 11 is 0. The Bertz CT molecular complexity index is 506. The molecular weight excluding hydrogens is 252 g/mol. The lowest BCUT2D eigenvalue weighted by Crippen LogP contribution is -2.70. The van der Waals surface area contributed by atoms with E-state index in [-0.39, 0.29) is 11.8 Å². The number of rotatable bonds is 2. The van der Waals surface area contributed by atoms with E-state index in [4.69, 9.17) is 0 Å². The molecule has 20 heavy (non-hydrogen) atoms. The number of nitrogens with one attached hydrogen (secondary N) is 2. The van der Waals surface area contributed by atoms with Gasteiger partial charge in [-0.15, -0.1) is 0 Å². The van der Waals surface area contributed by atoms with Gasteiger partial charge in [-0.1, -0.05) is 49.6 Å². The molecule has 3 rings (SSSR count). The van der Waals surface area contributed by atoms with Gasteiger partial charge in [0.15, 0.2) is 0 Å². The number of benzene rings is 1. The van der Waals surface area contributed by atoms with Crippen LogP contribution in [-0.4, -0.2) is 23.4 Å². The van der Waals surface area contributed by atoms with Gasteiger partial charge in [-0.05, 0) is 18.4 Å². The average Bonchev–Trinajstić information content (AvgIpc) is 2.47. The SMILES string of the molecule is O=C1NC2(CCCCC2)C(=O)N[C@H]1Cc1ccccc1. The van der Waals surface area contributed by atoms with E-state index in [0.717, 1.165) is 37.7 Å². The van der Waals surface area contributed by atoms with Gasteiger partial charge in [0.1, 0.15) is 11.6 Å². The highest BCUT2D eigenvalue weighted by molar-refractivity contribution is 6.00. The second kappa shape index (κ2) is 5.27. The van der Waals surface area contributed by atoms with E-state index >= 15 is 0 Å². The lowest BCUT2D eigenvalue weighted by molar-refractivity contribution is -0.143. The third-order valence-corrected chi connectivity index (χ3v) is 4.41. The zero-order valence-electron chi connectivity index (χ0n) is 11.5. The first-order valence-corrected chi connectivity index (χ1v) is 7.37. The second-order valence-electron chi connectivity index (χ2n) is 5.85. The number of carbonyl (C=O) groups excluding carboxylic acids is 2. The molecule has 0 aromatic heterocycles. The Labute approximate surface area is 118 Å². The molecule has 1 aromatic rings. The number of carbonyl (C=O) groups is 2. The third-order valence-electron chi connectivity index (χ3n) is 4.41. The number of hydrogen-bond donors (Lipinski definition) is 2. The molecule has 106 valence electrons. The van der Waals surface area contributed by atoms with Crippen molar-refractivity contribution in [1.29, 1.82) is 0 Å².